The Bertz CT molecular complexity index is 792. The minimum absolute atomic E-state index is 0.367. The normalized spacial score (nSPS) is 11.7. The summed E-state index contributed by atoms with van der Waals surface area (Å²) in [6, 6.07) is 16.6. The van der Waals surface area contributed by atoms with Gasteiger partial charge in [-0.3, -0.25) is 4.72 Å². The van der Waals surface area contributed by atoms with Crippen molar-refractivity contribution in [3.8, 4) is 6.07 Å². The number of para-hydroxylation sites is 1. The summed E-state index contributed by atoms with van der Waals surface area (Å²) in [5, 5.41) is 9.63. The van der Waals surface area contributed by atoms with E-state index in [2.05, 4.69) is 4.72 Å². The smallest absolute Gasteiger partial charge is 0.272 e. The van der Waals surface area contributed by atoms with Crippen molar-refractivity contribution in [2.45, 2.75) is 0 Å². The fourth-order valence-electron chi connectivity index (χ4n) is 1.60. The number of hydrogen-bond donors (Lipinski definition) is 1. The second kappa shape index (κ2) is 6.44. The molecular weight excluding hydrogens is 308 g/mol. The lowest BCUT2D eigenvalue weighted by Crippen LogP contribution is -2.14. The monoisotopic (exact) mass is 318 g/mol. The summed E-state index contributed by atoms with van der Waals surface area (Å²) in [6.45, 7) is 0. The van der Waals surface area contributed by atoms with Crippen LogP contribution in [0.4, 0.5) is 5.69 Å². The molecular formula is C15H11ClN2O2S. The predicted molar refractivity (Wildman–Crippen MR) is 84.0 cm³/mol. The molecule has 2 aromatic rings. The van der Waals surface area contributed by atoms with E-state index in [-0.39, 0.29) is 4.91 Å². The molecule has 0 aliphatic rings. The van der Waals surface area contributed by atoms with Crippen LogP contribution in [-0.4, -0.2) is 8.42 Å². The second-order valence-corrected chi connectivity index (χ2v) is 6.23. The van der Waals surface area contributed by atoms with Gasteiger partial charge in [-0.2, -0.15) is 5.26 Å². The van der Waals surface area contributed by atoms with Crippen LogP contribution in [0.5, 0.6) is 0 Å². The molecule has 2 rings (SSSR count). The van der Waals surface area contributed by atoms with Gasteiger partial charge in [0.1, 0.15) is 6.07 Å². The minimum Gasteiger partial charge on any atom is -0.279 e. The molecule has 0 heterocycles. The molecule has 0 aliphatic carbocycles. The third kappa shape index (κ3) is 4.09. The Morgan fingerprint density at radius 2 is 1.71 bits per heavy atom. The van der Waals surface area contributed by atoms with Gasteiger partial charge in [0, 0.05) is 10.7 Å². The Morgan fingerprint density at radius 1 is 1.10 bits per heavy atom. The van der Waals surface area contributed by atoms with Gasteiger partial charge in [0.2, 0.25) is 0 Å². The summed E-state index contributed by atoms with van der Waals surface area (Å²) in [6.07, 6.45) is 1.29. The van der Waals surface area contributed by atoms with E-state index in [4.69, 9.17) is 16.9 Å². The molecule has 0 saturated carbocycles. The molecule has 4 nitrogen and oxygen atoms in total. The Hall–Kier alpha value is -2.29. The van der Waals surface area contributed by atoms with Gasteiger partial charge in [0.25, 0.3) is 10.0 Å². The van der Waals surface area contributed by atoms with Crippen LogP contribution in [0.3, 0.4) is 0 Å². The minimum atomic E-state index is -3.92. The lowest BCUT2D eigenvalue weighted by Gasteiger charge is -2.06. The van der Waals surface area contributed by atoms with Crippen molar-refractivity contribution in [2.75, 3.05) is 4.72 Å². The molecule has 0 amide bonds. The van der Waals surface area contributed by atoms with E-state index in [9.17, 15) is 8.42 Å². The fraction of sp³-hybridized carbons (Fsp3) is 0. The Labute approximate surface area is 128 Å². The Balaban J connectivity index is 2.32. The number of hydrogen-bond acceptors (Lipinski definition) is 3. The van der Waals surface area contributed by atoms with E-state index in [0.29, 0.717) is 16.3 Å². The summed E-state index contributed by atoms with van der Waals surface area (Å²) >= 11 is 5.76. The lowest BCUT2D eigenvalue weighted by molar-refractivity contribution is 0.608. The molecule has 0 aliphatic heterocycles. The molecule has 0 aromatic heterocycles. The number of allylic oxidation sites excluding steroid dienone is 1. The summed E-state index contributed by atoms with van der Waals surface area (Å²) in [5.74, 6) is 0. The first-order valence-electron chi connectivity index (χ1n) is 5.96. The third-order valence-corrected chi connectivity index (χ3v) is 4.14. The number of halogens is 1. The van der Waals surface area contributed by atoms with Crippen molar-refractivity contribution in [3.63, 3.8) is 0 Å². The Morgan fingerprint density at radius 3 is 2.29 bits per heavy atom. The number of nitrogens with one attached hydrogen (secondary N) is 1. The molecule has 106 valence electrons. The van der Waals surface area contributed by atoms with Crippen molar-refractivity contribution >= 4 is 33.4 Å². The van der Waals surface area contributed by atoms with Crippen molar-refractivity contribution < 1.29 is 8.42 Å². The molecule has 6 heteroatoms. The van der Waals surface area contributed by atoms with Gasteiger partial charge in [-0.25, -0.2) is 8.42 Å². The molecule has 0 bridgehead atoms. The highest BCUT2D eigenvalue weighted by Gasteiger charge is 2.17. The lowest BCUT2D eigenvalue weighted by atomic mass is 10.2. The van der Waals surface area contributed by atoms with Gasteiger partial charge in [-0.1, -0.05) is 41.9 Å². The molecule has 0 unspecified atom stereocenters. The zero-order valence-electron chi connectivity index (χ0n) is 10.8. The highest BCUT2D eigenvalue weighted by Crippen LogP contribution is 2.17. The number of rotatable bonds is 4. The first kappa shape index (κ1) is 15.1. The number of anilines is 1. The van der Waals surface area contributed by atoms with Crippen molar-refractivity contribution in [3.05, 3.63) is 70.1 Å². The van der Waals surface area contributed by atoms with Crippen LogP contribution in [0, 0.1) is 11.3 Å². The molecule has 0 fully saturated rings. The summed E-state index contributed by atoms with van der Waals surface area (Å²) in [7, 11) is -3.92. The topological polar surface area (TPSA) is 70.0 Å². The predicted octanol–water partition coefficient (Wildman–Crippen LogP) is 3.65. The zero-order valence-corrected chi connectivity index (χ0v) is 12.4. The first-order chi connectivity index (χ1) is 10.0. The molecule has 0 spiro atoms. The van der Waals surface area contributed by atoms with Gasteiger partial charge in [0.15, 0.2) is 4.91 Å². The molecule has 21 heavy (non-hydrogen) atoms. The van der Waals surface area contributed by atoms with Gasteiger partial charge < -0.3 is 0 Å². The van der Waals surface area contributed by atoms with Crippen LogP contribution in [0.1, 0.15) is 5.56 Å². The molecule has 0 radical (unpaired) electrons. The summed E-state index contributed by atoms with van der Waals surface area (Å²) in [4.78, 5) is -0.367. The average Bonchev–Trinajstić information content (AvgIpc) is 2.47. The van der Waals surface area contributed by atoms with E-state index >= 15 is 0 Å². The Kier molecular flexibility index (Phi) is 4.63. The van der Waals surface area contributed by atoms with Crippen LogP contribution in [0.25, 0.3) is 6.08 Å². The zero-order chi connectivity index (χ0) is 15.3. The largest absolute Gasteiger partial charge is 0.279 e. The van der Waals surface area contributed by atoms with Gasteiger partial charge in [-0.15, -0.1) is 0 Å². The van der Waals surface area contributed by atoms with Gasteiger partial charge >= 0.3 is 0 Å². The molecule has 1 N–H and O–H groups in total. The maximum atomic E-state index is 12.2. The summed E-state index contributed by atoms with van der Waals surface area (Å²) < 4.78 is 26.7. The average molecular weight is 319 g/mol. The van der Waals surface area contributed by atoms with Crippen molar-refractivity contribution in [1.82, 2.24) is 0 Å². The maximum Gasteiger partial charge on any atom is 0.272 e. The van der Waals surface area contributed by atoms with Crippen LogP contribution in [-0.2, 0) is 10.0 Å². The van der Waals surface area contributed by atoms with Gasteiger partial charge in [0.05, 0.1) is 0 Å². The van der Waals surface area contributed by atoms with E-state index in [0.717, 1.165) is 0 Å². The quantitative estimate of drug-likeness (QED) is 0.875. The number of benzene rings is 2. The van der Waals surface area contributed by atoms with Crippen LogP contribution >= 0.6 is 11.6 Å². The SMILES string of the molecule is N#C/C(=C\c1ccc(Cl)cc1)S(=O)(=O)Nc1ccccc1. The summed E-state index contributed by atoms with van der Waals surface area (Å²) in [5.41, 5.74) is 0.976. The van der Waals surface area contributed by atoms with Crippen molar-refractivity contribution in [1.29, 1.82) is 5.26 Å². The molecule has 0 saturated heterocycles. The second-order valence-electron chi connectivity index (χ2n) is 4.14. The first-order valence-corrected chi connectivity index (χ1v) is 7.82. The maximum absolute atomic E-state index is 12.2. The fourth-order valence-corrected chi connectivity index (χ4v) is 2.69. The van der Waals surface area contributed by atoms with E-state index in [1.165, 1.54) is 6.08 Å². The highest BCUT2D eigenvalue weighted by atomic mass is 35.5. The van der Waals surface area contributed by atoms with Gasteiger partial charge in [-0.05, 0) is 35.9 Å². The van der Waals surface area contributed by atoms with E-state index in [1.54, 1.807) is 60.7 Å². The van der Waals surface area contributed by atoms with Crippen LogP contribution in [0.2, 0.25) is 5.02 Å². The van der Waals surface area contributed by atoms with E-state index in [1.807, 2.05) is 0 Å². The number of sulfonamides is 1. The third-order valence-electron chi connectivity index (χ3n) is 2.59. The standard InChI is InChI=1S/C15H11ClN2O2S/c16-13-8-6-12(7-9-13)10-15(11-17)21(19,20)18-14-4-2-1-3-5-14/h1-10,18H/b15-10+. The highest BCUT2D eigenvalue weighted by molar-refractivity contribution is 7.96. The molecule has 2 aromatic carbocycles. The van der Waals surface area contributed by atoms with Crippen LogP contribution in [0.15, 0.2) is 59.5 Å². The molecule has 0 atom stereocenters. The van der Waals surface area contributed by atoms with Crippen molar-refractivity contribution in [2.24, 2.45) is 0 Å². The van der Waals surface area contributed by atoms with E-state index < -0.39 is 10.0 Å². The number of nitrogens with zero attached hydrogens (tertiary/aromatic N) is 1. The van der Waals surface area contributed by atoms with Crippen LogP contribution < -0.4 is 4.72 Å². The number of nitriles is 1.